The van der Waals surface area contributed by atoms with Gasteiger partial charge in [0.05, 0.1) is 14.2 Å². The van der Waals surface area contributed by atoms with Gasteiger partial charge in [-0.15, -0.1) is 0 Å². The molecule has 2 aromatic rings. The topological polar surface area (TPSA) is 48.0 Å². The number of nitrogens with zero attached hydrogens (tertiary/aromatic N) is 1. The molecule has 0 aliphatic carbocycles. The van der Waals surface area contributed by atoms with Gasteiger partial charge in [-0.3, -0.25) is 4.79 Å². The third-order valence-electron chi connectivity index (χ3n) is 4.01. The summed E-state index contributed by atoms with van der Waals surface area (Å²) in [5.74, 6) is 2.04. The normalized spacial score (nSPS) is 10.3. The summed E-state index contributed by atoms with van der Waals surface area (Å²) in [4.78, 5) is 14.0. The molecular weight excluding hydrogens is 318 g/mol. The van der Waals surface area contributed by atoms with Crippen LogP contribution in [-0.4, -0.2) is 38.7 Å². The van der Waals surface area contributed by atoms with Crippen molar-refractivity contribution in [1.82, 2.24) is 4.90 Å². The second-order valence-corrected chi connectivity index (χ2v) is 5.99. The van der Waals surface area contributed by atoms with Crippen LogP contribution in [-0.2, 0) is 11.3 Å². The Morgan fingerprint density at radius 1 is 1.00 bits per heavy atom. The summed E-state index contributed by atoms with van der Waals surface area (Å²) in [6, 6.07) is 11.4. The number of rotatable bonds is 7. The lowest BCUT2D eigenvalue weighted by Gasteiger charge is -2.20. The number of likely N-dealkylation sites (N-methyl/N-ethyl adjacent to an activating group) is 1. The number of benzene rings is 2. The minimum Gasteiger partial charge on any atom is -0.497 e. The van der Waals surface area contributed by atoms with E-state index in [1.807, 2.05) is 44.2 Å². The minimum atomic E-state index is -0.0992. The molecular formula is C20H25NO4. The smallest absolute Gasteiger partial charge is 0.260 e. The van der Waals surface area contributed by atoms with E-state index in [9.17, 15) is 4.79 Å². The standard InChI is InChI=1S/C20H25NO4/c1-14-6-9-18(15(2)10-14)25-13-20(22)21(3)12-16-7-8-17(23-4)11-19(16)24-5/h6-11H,12-13H2,1-5H3. The maximum Gasteiger partial charge on any atom is 0.260 e. The number of amides is 1. The quantitative estimate of drug-likeness (QED) is 0.773. The largest absolute Gasteiger partial charge is 0.497 e. The van der Waals surface area contributed by atoms with Gasteiger partial charge >= 0.3 is 0 Å². The second-order valence-electron chi connectivity index (χ2n) is 5.99. The summed E-state index contributed by atoms with van der Waals surface area (Å²) < 4.78 is 16.2. The third-order valence-corrected chi connectivity index (χ3v) is 4.01. The van der Waals surface area contributed by atoms with E-state index in [1.165, 1.54) is 5.56 Å². The van der Waals surface area contributed by atoms with E-state index >= 15 is 0 Å². The Labute approximate surface area is 149 Å². The summed E-state index contributed by atoms with van der Waals surface area (Å²) in [6.07, 6.45) is 0. The SMILES string of the molecule is COc1ccc(CN(C)C(=O)COc2ccc(C)cc2C)c(OC)c1. The molecule has 0 saturated carbocycles. The molecule has 0 unspecified atom stereocenters. The van der Waals surface area contributed by atoms with Crippen molar-refractivity contribution in [3.8, 4) is 17.2 Å². The van der Waals surface area contributed by atoms with Crippen molar-refractivity contribution in [3.05, 3.63) is 53.1 Å². The van der Waals surface area contributed by atoms with Crippen LogP contribution in [0.1, 0.15) is 16.7 Å². The Morgan fingerprint density at radius 2 is 1.76 bits per heavy atom. The number of hydrogen-bond donors (Lipinski definition) is 0. The predicted molar refractivity (Wildman–Crippen MR) is 97.4 cm³/mol. The molecule has 0 heterocycles. The van der Waals surface area contributed by atoms with Gasteiger partial charge in [-0.25, -0.2) is 0 Å². The first-order valence-corrected chi connectivity index (χ1v) is 8.09. The Morgan fingerprint density at radius 3 is 2.40 bits per heavy atom. The molecule has 1 amide bonds. The molecule has 0 spiro atoms. The fraction of sp³-hybridized carbons (Fsp3) is 0.350. The average Bonchev–Trinajstić information content (AvgIpc) is 2.60. The Bertz CT molecular complexity index is 742. The van der Waals surface area contributed by atoms with Gasteiger partial charge in [-0.2, -0.15) is 0 Å². The van der Waals surface area contributed by atoms with Crippen molar-refractivity contribution in [3.63, 3.8) is 0 Å². The molecule has 0 atom stereocenters. The van der Waals surface area contributed by atoms with Crippen molar-refractivity contribution in [2.24, 2.45) is 0 Å². The summed E-state index contributed by atoms with van der Waals surface area (Å²) in [5.41, 5.74) is 3.10. The number of carbonyl (C=O) groups is 1. The highest BCUT2D eigenvalue weighted by Crippen LogP contribution is 2.25. The fourth-order valence-electron chi connectivity index (χ4n) is 2.54. The molecule has 5 nitrogen and oxygen atoms in total. The van der Waals surface area contributed by atoms with E-state index in [4.69, 9.17) is 14.2 Å². The molecule has 0 aromatic heterocycles. The van der Waals surface area contributed by atoms with Gasteiger partial charge < -0.3 is 19.1 Å². The van der Waals surface area contributed by atoms with Gasteiger partial charge in [0.15, 0.2) is 6.61 Å². The molecule has 5 heteroatoms. The number of ether oxygens (including phenoxy) is 3. The van der Waals surface area contributed by atoms with Crippen LogP contribution in [0.5, 0.6) is 17.2 Å². The summed E-state index contributed by atoms with van der Waals surface area (Å²) in [7, 11) is 4.95. The number of carbonyl (C=O) groups excluding carboxylic acids is 1. The van der Waals surface area contributed by atoms with E-state index in [1.54, 1.807) is 32.2 Å². The van der Waals surface area contributed by atoms with Crippen molar-refractivity contribution in [2.45, 2.75) is 20.4 Å². The molecule has 0 aliphatic heterocycles. The van der Waals surface area contributed by atoms with E-state index in [-0.39, 0.29) is 12.5 Å². The van der Waals surface area contributed by atoms with Gasteiger partial charge in [0.1, 0.15) is 17.2 Å². The molecule has 0 aliphatic rings. The molecule has 25 heavy (non-hydrogen) atoms. The Kier molecular flexibility index (Phi) is 6.28. The summed E-state index contributed by atoms with van der Waals surface area (Å²) in [5, 5.41) is 0. The summed E-state index contributed by atoms with van der Waals surface area (Å²) in [6.45, 7) is 4.43. The first-order chi connectivity index (χ1) is 11.9. The lowest BCUT2D eigenvalue weighted by Crippen LogP contribution is -2.31. The van der Waals surface area contributed by atoms with Crippen LogP contribution in [0.2, 0.25) is 0 Å². The monoisotopic (exact) mass is 343 g/mol. The van der Waals surface area contributed by atoms with E-state index in [0.29, 0.717) is 18.0 Å². The zero-order valence-corrected chi connectivity index (χ0v) is 15.5. The Balaban J connectivity index is 1.98. The van der Waals surface area contributed by atoms with Gasteiger partial charge in [-0.1, -0.05) is 17.7 Å². The molecule has 0 N–H and O–H groups in total. The van der Waals surface area contributed by atoms with Crippen LogP contribution in [0.4, 0.5) is 0 Å². The van der Waals surface area contributed by atoms with Gasteiger partial charge in [0.25, 0.3) is 5.91 Å². The van der Waals surface area contributed by atoms with E-state index < -0.39 is 0 Å². The zero-order valence-electron chi connectivity index (χ0n) is 15.5. The number of aryl methyl sites for hydroxylation is 2. The maximum absolute atomic E-state index is 12.4. The Hall–Kier alpha value is -2.69. The molecule has 0 saturated heterocycles. The average molecular weight is 343 g/mol. The molecule has 0 bridgehead atoms. The molecule has 0 fully saturated rings. The van der Waals surface area contributed by atoms with E-state index in [2.05, 4.69) is 0 Å². The van der Waals surface area contributed by atoms with Crippen LogP contribution >= 0.6 is 0 Å². The molecule has 2 rings (SSSR count). The van der Waals surface area contributed by atoms with Crippen molar-refractivity contribution in [2.75, 3.05) is 27.9 Å². The van der Waals surface area contributed by atoms with Crippen LogP contribution < -0.4 is 14.2 Å². The number of methoxy groups -OCH3 is 2. The minimum absolute atomic E-state index is 0.00112. The van der Waals surface area contributed by atoms with Crippen LogP contribution in [0.25, 0.3) is 0 Å². The highest BCUT2D eigenvalue weighted by molar-refractivity contribution is 5.77. The second kappa shape index (κ2) is 8.42. The molecule has 134 valence electrons. The highest BCUT2D eigenvalue weighted by atomic mass is 16.5. The first-order valence-electron chi connectivity index (χ1n) is 8.09. The van der Waals surface area contributed by atoms with Crippen molar-refractivity contribution < 1.29 is 19.0 Å². The van der Waals surface area contributed by atoms with Gasteiger partial charge in [-0.05, 0) is 37.6 Å². The third kappa shape index (κ3) is 4.89. The van der Waals surface area contributed by atoms with Crippen LogP contribution in [0.15, 0.2) is 36.4 Å². The van der Waals surface area contributed by atoms with Crippen molar-refractivity contribution >= 4 is 5.91 Å². The van der Waals surface area contributed by atoms with Gasteiger partial charge in [0, 0.05) is 25.2 Å². The molecule has 2 aromatic carbocycles. The van der Waals surface area contributed by atoms with E-state index in [0.717, 1.165) is 16.9 Å². The highest BCUT2D eigenvalue weighted by Gasteiger charge is 2.14. The van der Waals surface area contributed by atoms with Crippen LogP contribution in [0.3, 0.4) is 0 Å². The lowest BCUT2D eigenvalue weighted by molar-refractivity contribution is -0.132. The fourth-order valence-corrected chi connectivity index (χ4v) is 2.54. The predicted octanol–water partition coefficient (Wildman–Crippen LogP) is 3.36. The van der Waals surface area contributed by atoms with Crippen LogP contribution in [0, 0.1) is 13.8 Å². The van der Waals surface area contributed by atoms with Crippen molar-refractivity contribution in [1.29, 1.82) is 0 Å². The maximum atomic E-state index is 12.4. The molecule has 0 radical (unpaired) electrons. The van der Waals surface area contributed by atoms with Gasteiger partial charge in [0.2, 0.25) is 0 Å². The lowest BCUT2D eigenvalue weighted by atomic mass is 10.1. The first kappa shape index (κ1) is 18.6. The summed E-state index contributed by atoms with van der Waals surface area (Å²) >= 11 is 0. The number of hydrogen-bond acceptors (Lipinski definition) is 4. The zero-order chi connectivity index (χ0) is 18.4.